The van der Waals surface area contributed by atoms with E-state index < -0.39 is 0 Å². The maximum absolute atomic E-state index is 6.22. The van der Waals surface area contributed by atoms with Crippen LogP contribution in [0.5, 0.6) is 0 Å². The second-order valence-corrected chi connectivity index (χ2v) is 6.03. The molecule has 2 atom stereocenters. The molecular weight excluding hydrogens is 228 g/mol. The molecule has 0 aliphatic carbocycles. The van der Waals surface area contributed by atoms with Gasteiger partial charge >= 0.3 is 0 Å². The van der Waals surface area contributed by atoms with Crippen LogP contribution in [0, 0.1) is 6.92 Å². The van der Waals surface area contributed by atoms with E-state index in [1.807, 2.05) is 11.8 Å². The molecule has 0 aromatic heterocycles. The zero-order valence-electron chi connectivity index (χ0n) is 10.7. The van der Waals surface area contributed by atoms with Crippen LogP contribution >= 0.6 is 11.8 Å². The molecular formula is C14H22N2S. The number of hydrogen-bond acceptors (Lipinski definition) is 3. The molecule has 1 aliphatic rings. The standard InChI is InChI=1S/C14H22N2S/c1-11-5-3-4-6-13(11)14(12(2)15)16-7-9-17-10-8-16/h3-6,12,14H,7-10,15H2,1-2H3. The van der Waals surface area contributed by atoms with Crippen molar-refractivity contribution in [2.75, 3.05) is 24.6 Å². The summed E-state index contributed by atoms with van der Waals surface area (Å²) >= 11 is 2.04. The first-order chi connectivity index (χ1) is 8.20. The van der Waals surface area contributed by atoms with Crippen LogP contribution in [0.1, 0.15) is 24.1 Å². The molecule has 0 amide bonds. The Hall–Kier alpha value is -0.510. The van der Waals surface area contributed by atoms with Gasteiger partial charge in [-0.05, 0) is 25.0 Å². The van der Waals surface area contributed by atoms with E-state index in [-0.39, 0.29) is 6.04 Å². The Kier molecular flexibility index (Phi) is 4.48. The van der Waals surface area contributed by atoms with E-state index in [0.717, 1.165) is 13.1 Å². The van der Waals surface area contributed by atoms with Crippen LogP contribution in [0.25, 0.3) is 0 Å². The summed E-state index contributed by atoms with van der Waals surface area (Å²) < 4.78 is 0. The zero-order valence-corrected chi connectivity index (χ0v) is 11.5. The van der Waals surface area contributed by atoms with Gasteiger partial charge < -0.3 is 5.73 Å². The SMILES string of the molecule is Cc1ccccc1C(C(C)N)N1CCSCC1. The Morgan fingerprint density at radius 3 is 2.47 bits per heavy atom. The summed E-state index contributed by atoms with van der Waals surface area (Å²) in [5, 5.41) is 0. The Labute approximate surface area is 109 Å². The van der Waals surface area contributed by atoms with Gasteiger partial charge in [-0.3, -0.25) is 4.90 Å². The molecule has 1 aromatic carbocycles. The largest absolute Gasteiger partial charge is 0.326 e. The monoisotopic (exact) mass is 250 g/mol. The maximum atomic E-state index is 6.22. The van der Waals surface area contributed by atoms with Gasteiger partial charge in [-0.15, -0.1) is 0 Å². The zero-order chi connectivity index (χ0) is 12.3. The highest BCUT2D eigenvalue weighted by Gasteiger charge is 2.26. The summed E-state index contributed by atoms with van der Waals surface area (Å²) in [5.74, 6) is 2.46. The summed E-state index contributed by atoms with van der Waals surface area (Å²) in [6.45, 7) is 6.62. The second-order valence-electron chi connectivity index (χ2n) is 4.81. The molecule has 2 nitrogen and oxygen atoms in total. The quantitative estimate of drug-likeness (QED) is 0.893. The third-order valence-electron chi connectivity index (χ3n) is 3.44. The van der Waals surface area contributed by atoms with Gasteiger partial charge in [0, 0.05) is 36.7 Å². The predicted octanol–water partition coefficient (Wildman–Crippen LogP) is 2.43. The molecule has 3 heteroatoms. The van der Waals surface area contributed by atoms with E-state index >= 15 is 0 Å². The number of hydrogen-bond donors (Lipinski definition) is 1. The fraction of sp³-hybridized carbons (Fsp3) is 0.571. The number of thioether (sulfide) groups is 1. The summed E-state index contributed by atoms with van der Waals surface area (Å²) in [5.41, 5.74) is 8.97. The molecule has 0 spiro atoms. The average Bonchev–Trinajstić information content (AvgIpc) is 2.33. The van der Waals surface area contributed by atoms with Crippen molar-refractivity contribution >= 4 is 11.8 Å². The van der Waals surface area contributed by atoms with Crippen LogP contribution in [0.3, 0.4) is 0 Å². The van der Waals surface area contributed by atoms with Crippen LogP contribution in [-0.4, -0.2) is 35.5 Å². The van der Waals surface area contributed by atoms with Crippen LogP contribution < -0.4 is 5.73 Å². The summed E-state index contributed by atoms with van der Waals surface area (Å²) in [4.78, 5) is 2.55. The third kappa shape index (κ3) is 3.03. The van der Waals surface area contributed by atoms with E-state index in [1.165, 1.54) is 22.6 Å². The van der Waals surface area contributed by atoms with Crippen molar-refractivity contribution in [3.05, 3.63) is 35.4 Å². The van der Waals surface area contributed by atoms with Crippen LogP contribution in [0.15, 0.2) is 24.3 Å². The molecule has 2 rings (SSSR count). The van der Waals surface area contributed by atoms with Crippen molar-refractivity contribution in [3.8, 4) is 0 Å². The molecule has 1 saturated heterocycles. The van der Waals surface area contributed by atoms with Crippen molar-refractivity contribution in [2.24, 2.45) is 5.73 Å². The fourth-order valence-corrected chi connectivity index (χ4v) is 3.52. The van der Waals surface area contributed by atoms with Gasteiger partial charge in [-0.25, -0.2) is 0 Å². The predicted molar refractivity (Wildman–Crippen MR) is 76.5 cm³/mol. The number of rotatable bonds is 3. The lowest BCUT2D eigenvalue weighted by atomic mass is 9.95. The first-order valence-electron chi connectivity index (χ1n) is 6.33. The molecule has 2 N–H and O–H groups in total. The fourth-order valence-electron chi connectivity index (χ4n) is 2.59. The molecule has 1 fully saturated rings. The average molecular weight is 250 g/mol. The Morgan fingerprint density at radius 1 is 1.24 bits per heavy atom. The summed E-state index contributed by atoms with van der Waals surface area (Å²) in [6.07, 6.45) is 0. The van der Waals surface area contributed by atoms with Crippen LogP contribution in [0.4, 0.5) is 0 Å². The minimum atomic E-state index is 0.180. The summed E-state index contributed by atoms with van der Waals surface area (Å²) in [7, 11) is 0. The van der Waals surface area contributed by atoms with E-state index in [0.29, 0.717) is 6.04 Å². The Bertz CT molecular complexity index is 359. The molecule has 1 heterocycles. The number of aryl methyl sites for hydroxylation is 1. The lowest BCUT2D eigenvalue weighted by molar-refractivity contribution is 0.194. The first-order valence-corrected chi connectivity index (χ1v) is 7.48. The highest BCUT2D eigenvalue weighted by atomic mass is 32.2. The van der Waals surface area contributed by atoms with Gasteiger partial charge in [-0.1, -0.05) is 24.3 Å². The number of nitrogens with zero attached hydrogens (tertiary/aromatic N) is 1. The van der Waals surface area contributed by atoms with Crippen molar-refractivity contribution in [1.29, 1.82) is 0 Å². The minimum Gasteiger partial charge on any atom is -0.326 e. The van der Waals surface area contributed by atoms with Crippen molar-refractivity contribution in [1.82, 2.24) is 4.90 Å². The second kappa shape index (κ2) is 5.89. The normalized spacial score (nSPS) is 21.1. The summed E-state index contributed by atoms with van der Waals surface area (Å²) in [6, 6.07) is 9.19. The Morgan fingerprint density at radius 2 is 1.88 bits per heavy atom. The Balaban J connectivity index is 2.25. The van der Waals surface area contributed by atoms with Gasteiger partial charge in [-0.2, -0.15) is 11.8 Å². The van der Waals surface area contributed by atoms with E-state index in [9.17, 15) is 0 Å². The van der Waals surface area contributed by atoms with Crippen LogP contribution in [0.2, 0.25) is 0 Å². The highest BCUT2D eigenvalue weighted by molar-refractivity contribution is 7.99. The lowest BCUT2D eigenvalue weighted by Gasteiger charge is -2.37. The molecule has 94 valence electrons. The van der Waals surface area contributed by atoms with Gasteiger partial charge in [0.15, 0.2) is 0 Å². The van der Waals surface area contributed by atoms with Crippen molar-refractivity contribution in [3.63, 3.8) is 0 Å². The maximum Gasteiger partial charge on any atom is 0.0499 e. The molecule has 0 saturated carbocycles. The van der Waals surface area contributed by atoms with Gasteiger partial charge in [0.05, 0.1) is 0 Å². The van der Waals surface area contributed by atoms with E-state index in [1.54, 1.807) is 0 Å². The van der Waals surface area contributed by atoms with Gasteiger partial charge in [0.2, 0.25) is 0 Å². The van der Waals surface area contributed by atoms with Gasteiger partial charge in [0.1, 0.15) is 0 Å². The molecule has 1 aromatic rings. The van der Waals surface area contributed by atoms with Crippen molar-refractivity contribution < 1.29 is 0 Å². The third-order valence-corrected chi connectivity index (χ3v) is 4.39. The van der Waals surface area contributed by atoms with Crippen LogP contribution in [-0.2, 0) is 0 Å². The topological polar surface area (TPSA) is 29.3 Å². The molecule has 0 radical (unpaired) electrons. The highest BCUT2D eigenvalue weighted by Crippen LogP contribution is 2.28. The molecule has 17 heavy (non-hydrogen) atoms. The molecule has 2 unspecified atom stereocenters. The number of nitrogens with two attached hydrogens (primary N) is 1. The lowest BCUT2D eigenvalue weighted by Crippen LogP contribution is -2.43. The van der Waals surface area contributed by atoms with Gasteiger partial charge in [0.25, 0.3) is 0 Å². The number of benzene rings is 1. The first kappa shape index (κ1) is 12.9. The minimum absolute atomic E-state index is 0.180. The smallest absolute Gasteiger partial charge is 0.0499 e. The molecule has 0 bridgehead atoms. The van der Waals surface area contributed by atoms with E-state index in [2.05, 4.69) is 43.0 Å². The molecule has 1 aliphatic heterocycles. The van der Waals surface area contributed by atoms with Crippen molar-refractivity contribution in [2.45, 2.75) is 25.9 Å². The van der Waals surface area contributed by atoms with E-state index in [4.69, 9.17) is 5.73 Å².